The molecular weight excluding hydrogens is 463 g/mol. The number of aliphatic imine (C=N–C) groups is 1. The fourth-order valence-corrected chi connectivity index (χ4v) is 4.61. The van der Waals surface area contributed by atoms with Crippen LogP contribution in [0, 0.1) is 17.5 Å². The largest absolute Gasteiger partial charge is 0.324 e. The van der Waals surface area contributed by atoms with Crippen LogP contribution < -0.4 is 5.32 Å². The molecule has 0 saturated carbocycles. The maximum absolute atomic E-state index is 14.1. The minimum absolute atomic E-state index is 0.0274. The van der Waals surface area contributed by atoms with E-state index in [9.17, 15) is 22.8 Å². The minimum Gasteiger partial charge on any atom is -0.324 e. The maximum atomic E-state index is 14.1. The number of halogens is 3. The molecule has 0 aliphatic carbocycles. The van der Waals surface area contributed by atoms with Crippen molar-refractivity contribution in [3.8, 4) is 0 Å². The Bertz CT molecular complexity index is 1230. The summed E-state index contributed by atoms with van der Waals surface area (Å²) in [7, 11) is 0. The second kappa shape index (κ2) is 10.6. The van der Waals surface area contributed by atoms with Crippen LogP contribution in [-0.4, -0.2) is 33.7 Å². The van der Waals surface area contributed by atoms with Crippen LogP contribution in [0.2, 0.25) is 0 Å². The van der Waals surface area contributed by atoms with Crippen LogP contribution in [0.15, 0.2) is 77.8 Å². The number of carbonyl (C=O) groups is 2. The Morgan fingerprint density at radius 1 is 0.941 bits per heavy atom. The number of nitrogens with zero attached hydrogens (tertiary/aromatic N) is 2. The molecule has 3 aromatic carbocycles. The highest BCUT2D eigenvalue weighted by molar-refractivity contribution is 8.15. The molecule has 1 saturated heterocycles. The Balaban J connectivity index is 1.52. The molecule has 1 atom stereocenters. The maximum Gasteiger partial charge on any atom is 0.242 e. The first kappa shape index (κ1) is 23.6. The number of hydrogen-bond acceptors (Lipinski definition) is 4. The number of carbonyl (C=O) groups excluding carboxylic acids is 2. The molecule has 0 bridgehead atoms. The summed E-state index contributed by atoms with van der Waals surface area (Å²) in [6.45, 7) is 0.151. The van der Waals surface area contributed by atoms with Gasteiger partial charge >= 0.3 is 0 Å². The van der Waals surface area contributed by atoms with E-state index in [0.717, 1.165) is 11.8 Å². The van der Waals surface area contributed by atoms with Gasteiger partial charge in [0.25, 0.3) is 0 Å². The third-order valence-corrected chi connectivity index (χ3v) is 6.33. The molecule has 5 nitrogen and oxygen atoms in total. The summed E-state index contributed by atoms with van der Waals surface area (Å²) in [5.41, 5.74) is 0.908. The molecule has 1 aliphatic heterocycles. The number of benzene rings is 3. The third-order valence-electron chi connectivity index (χ3n) is 5.15. The van der Waals surface area contributed by atoms with Gasteiger partial charge in [0.2, 0.25) is 11.8 Å². The highest BCUT2D eigenvalue weighted by Crippen LogP contribution is 2.32. The molecule has 4 rings (SSSR count). The predicted molar refractivity (Wildman–Crippen MR) is 126 cm³/mol. The summed E-state index contributed by atoms with van der Waals surface area (Å²) >= 11 is 1.09. The summed E-state index contributed by atoms with van der Waals surface area (Å²) in [4.78, 5) is 31.5. The van der Waals surface area contributed by atoms with Crippen LogP contribution in [0.4, 0.5) is 24.5 Å². The van der Waals surface area contributed by atoms with Crippen LogP contribution in [0.25, 0.3) is 0 Å². The van der Waals surface area contributed by atoms with E-state index in [4.69, 9.17) is 0 Å². The first-order valence-electron chi connectivity index (χ1n) is 10.5. The second-order valence-electron chi connectivity index (χ2n) is 7.54. The number of para-hydroxylation sites is 1. The lowest BCUT2D eigenvalue weighted by Crippen LogP contribution is -2.35. The standard InChI is InChI=1S/C25H20F3N3O2S/c26-17-9-11-18(12-10-17)29-25-31(14-13-16-5-1-2-6-19(16)27)24(33)22(34-25)15-23(32)30-21-8-4-3-7-20(21)28/h1-12,22H,13-15H2,(H,30,32)/t22-/m0/s1. The van der Waals surface area contributed by atoms with Gasteiger partial charge in [0, 0.05) is 13.0 Å². The van der Waals surface area contributed by atoms with E-state index in [2.05, 4.69) is 10.3 Å². The molecular formula is C25H20F3N3O2S. The van der Waals surface area contributed by atoms with Crippen LogP contribution in [0.1, 0.15) is 12.0 Å². The molecule has 0 aromatic heterocycles. The van der Waals surface area contributed by atoms with Crippen molar-refractivity contribution in [3.05, 3.63) is 95.8 Å². The lowest BCUT2D eigenvalue weighted by atomic mass is 10.1. The number of amidine groups is 1. The number of thioether (sulfide) groups is 1. The van der Waals surface area contributed by atoms with Crippen LogP contribution in [0.3, 0.4) is 0 Å². The zero-order valence-electron chi connectivity index (χ0n) is 17.9. The van der Waals surface area contributed by atoms with Crippen molar-refractivity contribution in [2.45, 2.75) is 18.1 Å². The van der Waals surface area contributed by atoms with E-state index in [1.165, 1.54) is 53.4 Å². The van der Waals surface area contributed by atoms with Gasteiger partial charge in [-0.15, -0.1) is 0 Å². The van der Waals surface area contributed by atoms with E-state index < -0.39 is 22.8 Å². The lowest BCUT2D eigenvalue weighted by Gasteiger charge is -2.17. The first-order valence-corrected chi connectivity index (χ1v) is 11.4. The molecule has 2 amide bonds. The van der Waals surface area contributed by atoms with Gasteiger partial charge < -0.3 is 5.32 Å². The average molecular weight is 484 g/mol. The average Bonchev–Trinajstić information content (AvgIpc) is 3.10. The third kappa shape index (κ3) is 5.66. The van der Waals surface area contributed by atoms with E-state index in [-0.39, 0.29) is 36.8 Å². The first-order chi connectivity index (χ1) is 16.4. The van der Waals surface area contributed by atoms with Gasteiger partial charge in [-0.3, -0.25) is 14.5 Å². The normalized spacial score (nSPS) is 16.8. The van der Waals surface area contributed by atoms with Crippen molar-refractivity contribution in [1.29, 1.82) is 0 Å². The van der Waals surface area contributed by atoms with Gasteiger partial charge in [-0.05, 0) is 54.4 Å². The number of hydrogen-bond donors (Lipinski definition) is 1. The Kier molecular flexibility index (Phi) is 7.32. The molecule has 1 aliphatic rings. The molecule has 1 fully saturated rings. The van der Waals surface area contributed by atoms with Gasteiger partial charge in [-0.25, -0.2) is 18.2 Å². The van der Waals surface area contributed by atoms with E-state index >= 15 is 0 Å². The van der Waals surface area contributed by atoms with E-state index in [1.807, 2.05) is 0 Å². The quantitative estimate of drug-likeness (QED) is 0.496. The summed E-state index contributed by atoms with van der Waals surface area (Å²) < 4.78 is 41.2. The van der Waals surface area contributed by atoms with Crippen molar-refractivity contribution in [2.75, 3.05) is 11.9 Å². The van der Waals surface area contributed by atoms with Crippen molar-refractivity contribution in [3.63, 3.8) is 0 Å². The van der Waals surface area contributed by atoms with Crippen molar-refractivity contribution in [1.82, 2.24) is 4.90 Å². The van der Waals surface area contributed by atoms with Crippen molar-refractivity contribution < 1.29 is 22.8 Å². The molecule has 0 unspecified atom stereocenters. The molecule has 0 radical (unpaired) electrons. The summed E-state index contributed by atoms with van der Waals surface area (Å²) in [5.74, 6) is -2.25. The summed E-state index contributed by atoms with van der Waals surface area (Å²) in [6, 6.07) is 17.5. The van der Waals surface area contributed by atoms with Crippen LogP contribution in [0.5, 0.6) is 0 Å². The van der Waals surface area contributed by atoms with E-state index in [1.54, 1.807) is 24.3 Å². The monoisotopic (exact) mass is 483 g/mol. The Morgan fingerprint density at radius 3 is 2.32 bits per heavy atom. The van der Waals surface area contributed by atoms with E-state index in [0.29, 0.717) is 16.4 Å². The molecule has 1 N–H and O–H groups in total. The Hall–Kier alpha value is -3.59. The van der Waals surface area contributed by atoms with Gasteiger partial charge in [-0.1, -0.05) is 42.1 Å². The highest BCUT2D eigenvalue weighted by atomic mass is 32.2. The zero-order valence-corrected chi connectivity index (χ0v) is 18.7. The van der Waals surface area contributed by atoms with Crippen LogP contribution in [-0.2, 0) is 16.0 Å². The fraction of sp³-hybridized carbons (Fsp3) is 0.160. The van der Waals surface area contributed by atoms with Crippen molar-refractivity contribution >= 4 is 40.1 Å². The highest BCUT2D eigenvalue weighted by Gasteiger charge is 2.39. The fourth-order valence-electron chi connectivity index (χ4n) is 3.42. The SMILES string of the molecule is O=C(C[C@@H]1SC(=Nc2ccc(F)cc2)N(CCc2ccccc2F)C1=O)Nc1ccccc1F. The molecule has 1 heterocycles. The predicted octanol–water partition coefficient (Wildman–Crippen LogP) is 5.31. The Labute approximate surface area is 198 Å². The summed E-state index contributed by atoms with van der Waals surface area (Å²) in [6.07, 6.45) is 0.0476. The van der Waals surface area contributed by atoms with Gasteiger partial charge in [-0.2, -0.15) is 0 Å². The van der Waals surface area contributed by atoms with Crippen LogP contribution >= 0.6 is 11.8 Å². The Morgan fingerprint density at radius 2 is 1.62 bits per heavy atom. The lowest BCUT2D eigenvalue weighted by molar-refractivity contribution is -0.128. The molecule has 34 heavy (non-hydrogen) atoms. The number of rotatable bonds is 7. The second-order valence-corrected chi connectivity index (χ2v) is 8.71. The number of amides is 2. The number of nitrogens with one attached hydrogen (secondary N) is 1. The number of anilines is 1. The molecule has 0 spiro atoms. The zero-order chi connectivity index (χ0) is 24.1. The molecule has 174 valence electrons. The summed E-state index contributed by atoms with van der Waals surface area (Å²) in [5, 5.41) is 2.02. The van der Waals surface area contributed by atoms with Gasteiger partial charge in [0.05, 0.1) is 11.4 Å². The van der Waals surface area contributed by atoms with Gasteiger partial charge in [0.15, 0.2) is 5.17 Å². The van der Waals surface area contributed by atoms with Crippen molar-refractivity contribution in [2.24, 2.45) is 4.99 Å². The minimum atomic E-state index is -0.786. The van der Waals surface area contributed by atoms with Gasteiger partial charge in [0.1, 0.15) is 22.7 Å². The smallest absolute Gasteiger partial charge is 0.242 e. The molecule has 3 aromatic rings. The topological polar surface area (TPSA) is 61.8 Å². The molecule has 9 heteroatoms.